The van der Waals surface area contributed by atoms with E-state index in [0.717, 1.165) is 44.9 Å². The van der Waals surface area contributed by atoms with Crippen molar-refractivity contribution in [2.45, 2.75) is 173 Å². The molecule has 234 valence electrons. The fraction of sp³-hybridized carbons (Fsp3) is 0.800. The first-order valence-electron chi connectivity index (χ1n) is 16.8. The van der Waals surface area contributed by atoms with Crippen molar-refractivity contribution in [3.63, 3.8) is 0 Å². The molecule has 4 N–H and O–H groups in total. The molecule has 0 aromatic rings. The zero-order valence-corrected chi connectivity index (χ0v) is 26.2. The number of allylic oxidation sites excluding steroid dienone is 5. The summed E-state index contributed by atoms with van der Waals surface area (Å²) < 4.78 is 0. The summed E-state index contributed by atoms with van der Waals surface area (Å²) in [5.74, 6) is -0.339. The summed E-state index contributed by atoms with van der Waals surface area (Å²) in [4.78, 5) is 12.3. The summed E-state index contributed by atoms with van der Waals surface area (Å²) in [5.41, 5.74) is 0. The Morgan fingerprint density at radius 3 is 1.60 bits per heavy atom. The van der Waals surface area contributed by atoms with Crippen LogP contribution >= 0.6 is 0 Å². The van der Waals surface area contributed by atoms with Crippen LogP contribution in [0.3, 0.4) is 0 Å². The Balaban J connectivity index is 3.85. The van der Waals surface area contributed by atoms with Gasteiger partial charge < -0.3 is 20.6 Å². The molecule has 0 aliphatic rings. The third kappa shape index (κ3) is 26.8. The van der Waals surface area contributed by atoms with Crippen LogP contribution in [0.4, 0.5) is 0 Å². The van der Waals surface area contributed by atoms with E-state index in [9.17, 15) is 20.1 Å². The van der Waals surface area contributed by atoms with Crippen LogP contribution in [0.2, 0.25) is 0 Å². The van der Waals surface area contributed by atoms with E-state index >= 15 is 0 Å². The van der Waals surface area contributed by atoms with E-state index in [0.29, 0.717) is 6.42 Å². The molecule has 0 saturated carbocycles. The maximum Gasteiger partial charge on any atom is 0.222 e. The van der Waals surface area contributed by atoms with Crippen LogP contribution in [0, 0.1) is 0 Å². The molecule has 0 spiro atoms. The lowest BCUT2D eigenvalue weighted by Gasteiger charge is -2.20. The predicted octanol–water partition coefficient (Wildman–Crippen LogP) is 8.48. The molecule has 0 aromatic carbocycles. The van der Waals surface area contributed by atoms with Crippen molar-refractivity contribution in [3.05, 3.63) is 36.5 Å². The fourth-order valence-corrected chi connectivity index (χ4v) is 4.76. The Morgan fingerprint density at radius 1 is 0.625 bits per heavy atom. The van der Waals surface area contributed by atoms with Gasteiger partial charge in [-0.3, -0.25) is 4.79 Å². The number of unbranched alkanes of at least 4 members (excludes halogenated alkanes) is 16. The number of hydrogen-bond donors (Lipinski definition) is 4. The molecule has 0 rings (SSSR count). The highest BCUT2D eigenvalue weighted by molar-refractivity contribution is 5.76. The van der Waals surface area contributed by atoms with Crippen molar-refractivity contribution in [1.82, 2.24) is 5.32 Å². The van der Waals surface area contributed by atoms with Crippen LogP contribution in [-0.4, -0.2) is 46.1 Å². The third-order valence-electron chi connectivity index (χ3n) is 7.40. The van der Waals surface area contributed by atoms with Gasteiger partial charge in [-0.1, -0.05) is 127 Å². The van der Waals surface area contributed by atoms with Crippen molar-refractivity contribution >= 4 is 5.91 Å². The molecular weight excluding hydrogens is 498 g/mol. The van der Waals surface area contributed by atoms with Crippen LogP contribution < -0.4 is 5.32 Å². The van der Waals surface area contributed by atoms with Crippen LogP contribution in [0.1, 0.15) is 155 Å². The Bertz CT molecular complexity index is 631. The van der Waals surface area contributed by atoms with Gasteiger partial charge >= 0.3 is 0 Å². The number of carbonyl (C=O) groups is 1. The molecule has 0 heterocycles. The first kappa shape index (κ1) is 38.6. The summed E-state index contributed by atoms with van der Waals surface area (Å²) >= 11 is 0. The first-order chi connectivity index (χ1) is 19.5. The maximum atomic E-state index is 12.3. The molecule has 0 bridgehead atoms. The van der Waals surface area contributed by atoms with Gasteiger partial charge in [-0.2, -0.15) is 0 Å². The van der Waals surface area contributed by atoms with Crippen molar-refractivity contribution in [2.24, 2.45) is 0 Å². The summed E-state index contributed by atoms with van der Waals surface area (Å²) in [6.45, 7) is 4.13. The lowest BCUT2D eigenvalue weighted by atomic mass is 10.1. The van der Waals surface area contributed by atoms with Gasteiger partial charge in [0.25, 0.3) is 0 Å². The monoisotopic (exact) mass is 563 g/mol. The third-order valence-corrected chi connectivity index (χ3v) is 7.40. The van der Waals surface area contributed by atoms with E-state index in [-0.39, 0.29) is 18.9 Å². The molecule has 40 heavy (non-hydrogen) atoms. The average molecular weight is 564 g/mol. The van der Waals surface area contributed by atoms with E-state index in [1.165, 1.54) is 83.5 Å². The van der Waals surface area contributed by atoms with E-state index in [4.69, 9.17) is 0 Å². The number of aliphatic hydroxyl groups excluding tert-OH is 3. The highest BCUT2D eigenvalue weighted by Crippen LogP contribution is 2.11. The lowest BCUT2D eigenvalue weighted by molar-refractivity contribution is -0.124. The number of hydrogen-bond acceptors (Lipinski definition) is 4. The summed E-state index contributed by atoms with van der Waals surface area (Å²) in [7, 11) is 0. The zero-order chi connectivity index (χ0) is 29.5. The summed E-state index contributed by atoms with van der Waals surface area (Å²) in [6.07, 6.45) is 35.5. The van der Waals surface area contributed by atoms with Crippen LogP contribution in [0.15, 0.2) is 36.5 Å². The Kier molecular flexibility index (Phi) is 29.4. The van der Waals surface area contributed by atoms with Gasteiger partial charge in [0, 0.05) is 0 Å². The summed E-state index contributed by atoms with van der Waals surface area (Å²) in [6, 6.07) is -0.762. The number of rotatable bonds is 29. The first-order valence-corrected chi connectivity index (χ1v) is 16.8. The van der Waals surface area contributed by atoms with Gasteiger partial charge in [0.2, 0.25) is 5.91 Å². The van der Waals surface area contributed by atoms with Gasteiger partial charge in [-0.05, 0) is 57.8 Å². The molecule has 0 aliphatic heterocycles. The van der Waals surface area contributed by atoms with Gasteiger partial charge in [-0.15, -0.1) is 0 Å². The lowest BCUT2D eigenvalue weighted by Crippen LogP contribution is -2.45. The van der Waals surface area contributed by atoms with Crippen molar-refractivity contribution < 1.29 is 20.1 Å². The Labute approximate surface area is 247 Å². The average Bonchev–Trinajstić information content (AvgIpc) is 2.94. The quantitative estimate of drug-likeness (QED) is 0.0543. The van der Waals surface area contributed by atoms with Crippen molar-refractivity contribution in [3.8, 4) is 0 Å². The molecule has 5 nitrogen and oxygen atoms in total. The minimum absolute atomic E-state index is 0.00544. The molecule has 0 aliphatic carbocycles. The molecule has 3 unspecified atom stereocenters. The van der Waals surface area contributed by atoms with Crippen LogP contribution in [-0.2, 0) is 4.79 Å². The highest BCUT2D eigenvalue weighted by atomic mass is 16.3. The van der Waals surface area contributed by atoms with E-state index in [1.54, 1.807) is 6.08 Å². The van der Waals surface area contributed by atoms with E-state index < -0.39 is 18.2 Å². The second-order valence-corrected chi connectivity index (χ2v) is 11.4. The molecule has 0 fully saturated rings. The number of nitrogens with one attached hydrogen (secondary N) is 1. The van der Waals surface area contributed by atoms with Crippen LogP contribution in [0.25, 0.3) is 0 Å². The normalized spacial score (nSPS) is 14.4. The molecule has 0 saturated heterocycles. The van der Waals surface area contributed by atoms with E-state index in [2.05, 4.69) is 43.5 Å². The molecule has 5 heteroatoms. The molecule has 3 atom stereocenters. The molecule has 0 aromatic heterocycles. The van der Waals surface area contributed by atoms with Gasteiger partial charge in [0.05, 0.1) is 31.3 Å². The van der Waals surface area contributed by atoms with E-state index in [1.807, 2.05) is 6.08 Å². The summed E-state index contributed by atoms with van der Waals surface area (Å²) in [5, 5.41) is 32.8. The van der Waals surface area contributed by atoms with Crippen LogP contribution in [0.5, 0.6) is 0 Å². The minimum Gasteiger partial charge on any atom is -0.394 e. The molecular formula is C35H65NO4. The Hall–Kier alpha value is -1.43. The fourth-order valence-electron chi connectivity index (χ4n) is 4.76. The predicted molar refractivity (Wildman–Crippen MR) is 171 cm³/mol. The zero-order valence-electron chi connectivity index (χ0n) is 26.2. The molecule has 0 radical (unpaired) electrons. The standard InChI is InChI=1S/C35H65NO4/c1-3-5-7-9-11-13-15-16-17-19-20-22-24-26-28-32(38)30-35(40)36-33(31-37)34(39)29-27-25-23-21-18-14-12-10-8-6-4-2/h17-19,21,27,29,32-34,37-39H,3-16,20,22-26,28,30-31H2,1-2H3,(H,36,40)/b19-17-,21-18+,29-27+. The van der Waals surface area contributed by atoms with Gasteiger partial charge in [0.15, 0.2) is 0 Å². The number of aliphatic hydroxyl groups is 3. The van der Waals surface area contributed by atoms with Gasteiger partial charge in [-0.25, -0.2) is 0 Å². The minimum atomic E-state index is -0.951. The smallest absolute Gasteiger partial charge is 0.222 e. The second-order valence-electron chi connectivity index (χ2n) is 11.4. The highest BCUT2D eigenvalue weighted by Gasteiger charge is 2.19. The maximum absolute atomic E-state index is 12.3. The van der Waals surface area contributed by atoms with Gasteiger partial charge in [0.1, 0.15) is 0 Å². The number of amides is 1. The van der Waals surface area contributed by atoms with Crippen molar-refractivity contribution in [1.29, 1.82) is 0 Å². The molecule has 1 amide bonds. The van der Waals surface area contributed by atoms with Crippen molar-refractivity contribution in [2.75, 3.05) is 6.61 Å². The largest absolute Gasteiger partial charge is 0.394 e. The topological polar surface area (TPSA) is 89.8 Å². The Morgan fingerprint density at radius 2 is 1.07 bits per heavy atom. The SMILES string of the molecule is CCCCCCC/C=C/CC/C=C/C(O)C(CO)NC(=O)CC(O)CCCCC/C=C\CCCCCCCCC. The number of carbonyl (C=O) groups excluding carboxylic acids is 1. The second kappa shape index (κ2) is 30.5.